The van der Waals surface area contributed by atoms with Crippen LogP contribution in [-0.4, -0.2) is 81.6 Å². The summed E-state index contributed by atoms with van der Waals surface area (Å²) in [6, 6.07) is 102. The molecule has 0 bridgehead atoms. The van der Waals surface area contributed by atoms with Crippen LogP contribution in [0.3, 0.4) is 0 Å². The molecule has 0 aromatic heterocycles. The van der Waals surface area contributed by atoms with E-state index in [1.807, 2.05) is 37.6 Å². The molecule has 14 rings (SSSR count). The second kappa shape index (κ2) is 65.7. The van der Waals surface area contributed by atoms with E-state index in [9.17, 15) is 21.0 Å². The predicted octanol–water partition coefficient (Wildman–Crippen LogP) is 44.2. The van der Waals surface area contributed by atoms with E-state index < -0.39 is 63.2 Å². The molecule has 816 valence electrons. The zero-order valence-corrected chi connectivity index (χ0v) is 106. The van der Waals surface area contributed by atoms with Gasteiger partial charge in [-0.2, -0.15) is 0 Å². The van der Waals surface area contributed by atoms with Gasteiger partial charge in [0.05, 0.1) is 81.1 Å². The fourth-order valence-corrected chi connectivity index (χ4v) is 44.3. The fourth-order valence-electron chi connectivity index (χ4n) is 22.8. The third kappa shape index (κ3) is 45.4. The molecule has 10 aromatic carbocycles. The third-order valence-corrected chi connectivity index (χ3v) is 58.0. The van der Waals surface area contributed by atoms with Crippen molar-refractivity contribution in [3.8, 4) is 0 Å². The Hall–Kier alpha value is -3.55. The first-order chi connectivity index (χ1) is 70.1. The Morgan fingerprint density at radius 1 is 0.223 bits per heavy atom. The highest BCUT2D eigenvalue weighted by Gasteiger charge is 2.50. The van der Waals surface area contributed by atoms with E-state index in [4.69, 9.17) is 45.0 Å². The van der Waals surface area contributed by atoms with Crippen molar-refractivity contribution in [1.29, 1.82) is 0 Å². The van der Waals surface area contributed by atoms with Crippen LogP contribution in [-0.2, 0) is 24.6 Å². The van der Waals surface area contributed by atoms with Crippen molar-refractivity contribution < 1.29 is 21.0 Å². The van der Waals surface area contributed by atoms with E-state index in [0.717, 1.165) is 110 Å². The first-order valence-electron chi connectivity index (χ1n) is 56.9. The molecule has 10 aromatic rings. The third-order valence-electron chi connectivity index (χ3n) is 33.2. The van der Waals surface area contributed by atoms with Gasteiger partial charge in [0.2, 0.25) is 11.9 Å². The minimum absolute atomic E-state index is 0.0571. The molecule has 0 atom stereocenters. The van der Waals surface area contributed by atoms with Crippen molar-refractivity contribution >= 4 is 134 Å². The van der Waals surface area contributed by atoms with Gasteiger partial charge in [0.1, 0.15) is 110 Å². The summed E-state index contributed by atoms with van der Waals surface area (Å²) in [5.74, 6) is 8.37. The maximum Gasteiger partial charge on any atom is 0.569 e. The highest BCUT2D eigenvalue weighted by Crippen LogP contribution is 2.70. The predicted molar refractivity (Wildman–Crippen MR) is 679 cm³/mol. The molecule has 4 aliphatic carbocycles. The molecule has 0 radical (unpaired) electrons. The van der Waals surface area contributed by atoms with E-state index in [0.29, 0.717) is 35.5 Å². The number of rotatable bonds is 36. The molecule has 4 saturated carbocycles. The zero-order chi connectivity index (χ0) is 109. The largest absolute Gasteiger partial charge is 0.569 e. The van der Waals surface area contributed by atoms with Gasteiger partial charge >= 0.3 is 16.1 Å². The van der Waals surface area contributed by atoms with Crippen LogP contribution in [0.5, 0.6) is 0 Å². The molecule has 4 aliphatic rings. The molecular formula is C131H197Cl4F5P8+8. The smallest absolute Gasteiger partial charge is 0.0625 e. The summed E-state index contributed by atoms with van der Waals surface area (Å²) in [4.78, 5) is 0. The first-order valence-corrected chi connectivity index (χ1v) is 78.2. The Labute approximate surface area is 926 Å². The quantitative estimate of drug-likeness (QED) is 0.0271. The monoisotopic (exact) mass is 2250 g/mol. The number of hydrogen-bond acceptors (Lipinski definition) is 0. The maximum absolute atomic E-state index is 12.8. The lowest BCUT2D eigenvalue weighted by atomic mass is 9.77. The Morgan fingerprint density at radius 2 is 0.432 bits per heavy atom. The Bertz CT molecular complexity index is 4820. The van der Waals surface area contributed by atoms with Crippen LogP contribution in [0, 0.1) is 71.0 Å². The Kier molecular flexibility index (Phi) is 58.3. The molecule has 4 fully saturated rings. The summed E-state index contributed by atoms with van der Waals surface area (Å²) in [6.07, 6.45) is 36.0. The minimum Gasteiger partial charge on any atom is -0.0625 e. The molecule has 0 heterocycles. The molecule has 0 spiro atoms. The van der Waals surface area contributed by atoms with Crippen LogP contribution >= 0.6 is 102 Å². The zero-order valence-electron chi connectivity index (χ0n) is 96.0. The molecule has 0 amide bonds. The summed E-state index contributed by atoms with van der Waals surface area (Å²) in [5.41, 5.74) is 10.3. The van der Waals surface area contributed by atoms with Crippen LogP contribution in [0.25, 0.3) is 0 Å². The van der Waals surface area contributed by atoms with Gasteiger partial charge in [-0.05, 0) is 359 Å². The lowest BCUT2D eigenvalue weighted by Gasteiger charge is -2.35. The van der Waals surface area contributed by atoms with Gasteiger partial charge in [-0.3, -0.25) is 0 Å². The van der Waals surface area contributed by atoms with Gasteiger partial charge < -0.3 is 0 Å². The summed E-state index contributed by atoms with van der Waals surface area (Å²) >= 11 is 24.4. The highest BCUT2D eigenvalue weighted by atomic mass is 35.9. The van der Waals surface area contributed by atoms with Crippen LogP contribution in [0.1, 0.15) is 323 Å². The van der Waals surface area contributed by atoms with Crippen LogP contribution in [0.4, 0.5) is 21.0 Å². The van der Waals surface area contributed by atoms with Crippen molar-refractivity contribution in [2.45, 2.75) is 303 Å². The van der Waals surface area contributed by atoms with E-state index >= 15 is 0 Å². The van der Waals surface area contributed by atoms with Crippen molar-refractivity contribution in [3.05, 3.63) is 324 Å². The minimum atomic E-state index is -5.03. The highest BCUT2D eigenvalue weighted by molar-refractivity contribution is 8.17. The molecule has 0 unspecified atom stereocenters. The van der Waals surface area contributed by atoms with E-state index in [2.05, 4.69) is 407 Å². The van der Waals surface area contributed by atoms with Gasteiger partial charge in [0.25, 0.3) is 0 Å². The number of halogens is 9. The fraction of sp³-hybridized carbons (Fsp3) is 0.542. The Morgan fingerprint density at radius 3 is 0.642 bits per heavy atom. The van der Waals surface area contributed by atoms with Crippen LogP contribution in [0.15, 0.2) is 279 Å². The SMILES string of the molecule is CC(C)C1CCC(C[P+](C)(Cl)Cl)CC1.CC(C)C1CCC(C[P+](F)(F)F)CC1.CC(C)C1CCC(C[P+](c2ccccc2)(c2ccccc2)c2ccccc2)CC1.CC(C)c1ccc(C[P+](C)(Cl)Cl)cc1.CC(C)c1ccc(C[P+](C)(F)F)cc1.CC(C)c1ccc(C[P+](c2ccccc2)(c2ccccc2)c2ccccc2)cc1.CC[P+](CC)(CC)CC1CCC(C(C)C)CC1.CC[P+](CC)(CC)Cc1ccc(C(C)C)cc1. The van der Waals surface area contributed by atoms with E-state index in [1.54, 1.807) is 11.7 Å². The summed E-state index contributed by atoms with van der Waals surface area (Å²) in [6.45, 7) is 55.7. The lowest BCUT2D eigenvalue weighted by molar-refractivity contribution is 0.233. The van der Waals surface area contributed by atoms with Crippen molar-refractivity contribution in [1.82, 2.24) is 0 Å². The van der Waals surface area contributed by atoms with Gasteiger partial charge in [-0.15, -0.1) is 0 Å². The standard InChI is InChI=1S/C28H34P.C28H28P.C16H34P.C16H28P.C11H22Cl2P.C11H16Cl2P.C11H16F2P.C10H19F3P/c2*1-23(2)25-20-18-24(19-21-25)22-29(26-12-6-3-7-13-26,27-14-8-4-9-15-27)28-16-10-5-11-17-28;2*1-6-17(7-2,8-3)13-15-9-11-16(12-10-15)14(4)5;3*1-9(2)11-6-4-10(5-7-11)8-14(3,12)13;1-8(2)10-5-3-9(4-6-10)7-14(11,12)13/h3-17,23-25H,18-22H2,1-2H3;3-21,23H,22H2,1-2H3;14-16H,6-13H2,1-5H3;9-12,14H,6-8,13H2,1-5H3;9-11H,4-8H2,1-3H3;2*4-7,9H,8H2,1-3H3;8-10H,3-7H2,1-2H3/q8*+1. The van der Waals surface area contributed by atoms with E-state index in [-0.39, 0.29) is 12.1 Å². The summed E-state index contributed by atoms with van der Waals surface area (Å²) < 4.78 is 62.2. The van der Waals surface area contributed by atoms with Crippen molar-refractivity contribution in [2.24, 2.45) is 71.0 Å². The van der Waals surface area contributed by atoms with Gasteiger partial charge in [0.15, 0.2) is 6.16 Å². The van der Waals surface area contributed by atoms with Gasteiger partial charge in [0, 0.05) is 33.0 Å². The number of benzene rings is 10. The molecule has 0 nitrogen and oxygen atoms in total. The van der Waals surface area contributed by atoms with Crippen molar-refractivity contribution in [3.63, 3.8) is 0 Å². The summed E-state index contributed by atoms with van der Waals surface area (Å²) in [7, 11) is -13.4. The van der Waals surface area contributed by atoms with Gasteiger partial charge in [-0.1, -0.05) is 317 Å². The normalized spacial score (nSPS) is 18.5. The molecule has 0 aliphatic heterocycles. The molecule has 148 heavy (non-hydrogen) atoms. The topological polar surface area (TPSA) is 0 Å². The van der Waals surface area contributed by atoms with E-state index in [1.165, 1.54) is 192 Å². The van der Waals surface area contributed by atoms with Crippen LogP contribution < -0.4 is 31.8 Å². The molecule has 0 saturated heterocycles. The molecule has 17 heteroatoms. The van der Waals surface area contributed by atoms with Crippen LogP contribution in [0.2, 0.25) is 0 Å². The average molecular weight is 2260 g/mol. The average Bonchev–Trinajstić information content (AvgIpc) is 0.752. The maximum atomic E-state index is 12.8. The van der Waals surface area contributed by atoms with Crippen molar-refractivity contribution in [2.75, 3.05) is 81.6 Å². The summed E-state index contributed by atoms with van der Waals surface area (Å²) in [5, 5.41) is 8.90. The first kappa shape index (κ1) is 131. The lowest BCUT2D eigenvalue weighted by Crippen LogP contribution is -2.36. The second-order valence-corrected chi connectivity index (χ2v) is 81.7. The molecular weight excluding hydrogens is 2060 g/mol. The Balaban J connectivity index is 0.000000234. The second-order valence-electron chi connectivity index (χ2n) is 46.7. The number of hydrogen-bond donors (Lipinski definition) is 0. The van der Waals surface area contributed by atoms with Gasteiger partial charge in [-0.25, -0.2) is 0 Å². The molecule has 0 N–H and O–H groups in total.